The Labute approximate surface area is 155 Å². The summed E-state index contributed by atoms with van der Waals surface area (Å²) < 4.78 is 26.7. The number of aryl methyl sites for hydroxylation is 1. The van der Waals surface area contributed by atoms with Gasteiger partial charge in [-0.15, -0.1) is 0 Å². The fraction of sp³-hybridized carbons (Fsp3) is 0.522. The SMILES string of the molecule is CCCCC1CCC(CCc2ccc(-c3ccc(F)nc3F)cc2)CC1. The standard InChI is InChI=1S/C23H29F2N/c1-2-3-4-17-5-7-18(8-6-17)9-10-19-11-13-20(14-12-19)21-15-16-22(24)26-23(21)25/h11-18H,2-10H2,1H3. The first-order chi connectivity index (χ1) is 12.7. The minimum Gasteiger partial charge on any atom is -0.190 e. The molecule has 1 aromatic carbocycles. The number of aromatic nitrogens is 1. The summed E-state index contributed by atoms with van der Waals surface area (Å²) in [5.41, 5.74) is 2.39. The maximum Gasteiger partial charge on any atom is 0.223 e. The van der Waals surface area contributed by atoms with E-state index in [0.717, 1.165) is 23.8 Å². The average Bonchev–Trinajstić information content (AvgIpc) is 2.66. The molecule has 2 aromatic rings. The lowest BCUT2D eigenvalue weighted by atomic mass is 9.78. The van der Waals surface area contributed by atoms with Crippen molar-refractivity contribution in [3.05, 3.63) is 53.9 Å². The molecule has 1 saturated carbocycles. The molecule has 0 aliphatic heterocycles. The molecular formula is C23H29F2N. The fourth-order valence-corrected chi connectivity index (χ4v) is 4.15. The van der Waals surface area contributed by atoms with Crippen molar-refractivity contribution in [2.24, 2.45) is 11.8 Å². The number of hydrogen-bond donors (Lipinski definition) is 0. The molecule has 0 bridgehead atoms. The van der Waals surface area contributed by atoms with Gasteiger partial charge in [-0.2, -0.15) is 13.8 Å². The molecule has 3 heteroatoms. The van der Waals surface area contributed by atoms with Gasteiger partial charge in [-0.25, -0.2) is 0 Å². The predicted octanol–water partition coefficient (Wildman–Crippen LogP) is 6.96. The van der Waals surface area contributed by atoms with Gasteiger partial charge >= 0.3 is 0 Å². The van der Waals surface area contributed by atoms with Crippen LogP contribution in [0.4, 0.5) is 8.78 Å². The van der Waals surface area contributed by atoms with Gasteiger partial charge in [0.1, 0.15) is 0 Å². The van der Waals surface area contributed by atoms with Gasteiger partial charge in [-0.1, -0.05) is 76.1 Å². The van der Waals surface area contributed by atoms with Crippen molar-refractivity contribution < 1.29 is 8.78 Å². The van der Waals surface area contributed by atoms with Gasteiger partial charge in [0.2, 0.25) is 11.9 Å². The highest BCUT2D eigenvalue weighted by Crippen LogP contribution is 2.34. The lowest BCUT2D eigenvalue weighted by Crippen LogP contribution is -2.15. The summed E-state index contributed by atoms with van der Waals surface area (Å²) >= 11 is 0. The maximum atomic E-state index is 13.8. The van der Waals surface area contributed by atoms with E-state index >= 15 is 0 Å². The molecule has 1 aromatic heterocycles. The first kappa shape index (κ1) is 19.0. The maximum absolute atomic E-state index is 13.8. The fourth-order valence-electron chi connectivity index (χ4n) is 4.15. The zero-order valence-corrected chi connectivity index (χ0v) is 15.7. The largest absolute Gasteiger partial charge is 0.223 e. The molecular weight excluding hydrogens is 328 g/mol. The van der Waals surface area contributed by atoms with Crippen LogP contribution >= 0.6 is 0 Å². The van der Waals surface area contributed by atoms with Gasteiger partial charge in [0.25, 0.3) is 0 Å². The Hall–Kier alpha value is -1.77. The van der Waals surface area contributed by atoms with Crippen molar-refractivity contribution in [1.29, 1.82) is 0 Å². The molecule has 0 atom stereocenters. The van der Waals surface area contributed by atoms with E-state index in [-0.39, 0.29) is 0 Å². The Morgan fingerprint density at radius 1 is 0.885 bits per heavy atom. The van der Waals surface area contributed by atoms with E-state index in [1.54, 1.807) is 0 Å². The summed E-state index contributed by atoms with van der Waals surface area (Å²) in [5, 5.41) is 0. The highest BCUT2D eigenvalue weighted by Gasteiger charge is 2.20. The number of pyridine rings is 1. The van der Waals surface area contributed by atoms with E-state index < -0.39 is 11.9 Å². The van der Waals surface area contributed by atoms with E-state index in [9.17, 15) is 8.78 Å². The van der Waals surface area contributed by atoms with E-state index in [1.807, 2.05) is 12.1 Å². The Kier molecular flexibility index (Phi) is 6.76. The van der Waals surface area contributed by atoms with E-state index in [0.29, 0.717) is 5.56 Å². The first-order valence-corrected chi connectivity index (χ1v) is 10.1. The van der Waals surface area contributed by atoms with Gasteiger partial charge in [0.05, 0.1) is 0 Å². The predicted molar refractivity (Wildman–Crippen MR) is 103 cm³/mol. The number of nitrogens with zero attached hydrogens (tertiary/aromatic N) is 1. The minimum absolute atomic E-state index is 0.350. The molecule has 1 heterocycles. The molecule has 0 amide bonds. The molecule has 0 saturated heterocycles. The molecule has 1 nitrogen and oxygen atoms in total. The van der Waals surface area contributed by atoms with Crippen LogP contribution in [0.15, 0.2) is 36.4 Å². The van der Waals surface area contributed by atoms with E-state index in [1.165, 1.54) is 69.1 Å². The smallest absolute Gasteiger partial charge is 0.190 e. The number of benzene rings is 1. The molecule has 26 heavy (non-hydrogen) atoms. The van der Waals surface area contributed by atoms with Crippen molar-refractivity contribution in [3.63, 3.8) is 0 Å². The van der Waals surface area contributed by atoms with E-state index in [2.05, 4.69) is 24.0 Å². The van der Waals surface area contributed by atoms with Crippen LogP contribution < -0.4 is 0 Å². The first-order valence-electron chi connectivity index (χ1n) is 10.1. The van der Waals surface area contributed by atoms with Crippen molar-refractivity contribution in [1.82, 2.24) is 4.98 Å². The third-order valence-electron chi connectivity index (χ3n) is 5.85. The molecule has 0 radical (unpaired) electrons. The highest BCUT2D eigenvalue weighted by atomic mass is 19.1. The molecule has 1 aliphatic carbocycles. The lowest BCUT2D eigenvalue weighted by Gasteiger charge is -2.28. The minimum atomic E-state index is -0.785. The Morgan fingerprint density at radius 2 is 1.54 bits per heavy atom. The van der Waals surface area contributed by atoms with Crippen LogP contribution in [-0.4, -0.2) is 4.98 Å². The van der Waals surface area contributed by atoms with Crippen LogP contribution in [0, 0.1) is 23.7 Å². The number of halogens is 2. The summed E-state index contributed by atoms with van der Waals surface area (Å²) in [7, 11) is 0. The van der Waals surface area contributed by atoms with Crippen molar-refractivity contribution in [3.8, 4) is 11.1 Å². The topological polar surface area (TPSA) is 12.9 Å². The molecule has 140 valence electrons. The summed E-state index contributed by atoms with van der Waals surface area (Å²) in [5.74, 6) is 0.279. The molecule has 1 aliphatic rings. The van der Waals surface area contributed by atoms with Crippen LogP contribution in [0.1, 0.15) is 63.9 Å². The molecule has 0 unspecified atom stereocenters. The van der Waals surface area contributed by atoms with Gasteiger partial charge in [0.15, 0.2) is 0 Å². The number of rotatable bonds is 7. The molecule has 3 rings (SSSR count). The third-order valence-corrected chi connectivity index (χ3v) is 5.85. The van der Waals surface area contributed by atoms with Crippen molar-refractivity contribution in [2.45, 2.75) is 64.7 Å². The highest BCUT2D eigenvalue weighted by molar-refractivity contribution is 5.63. The van der Waals surface area contributed by atoms with Crippen LogP contribution in [-0.2, 0) is 6.42 Å². The van der Waals surface area contributed by atoms with Gasteiger partial charge in [0, 0.05) is 5.56 Å². The van der Waals surface area contributed by atoms with Crippen molar-refractivity contribution >= 4 is 0 Å². The van der Waals surface area contributed by atoms with Gasteiger partial charge < -0.3 is 0 Å². The van der Waals surface area contributed by atoms with Crippen LogP contribution in [0.2, 0.25) is 0 Å². The average molecular weight is 357 g/mol. The second kappa shape index (κ2) is 9.25. The number of hydrogen-bond acceptors (Lipinski definition) is 1. The zero-order chi connectivity index (χ0) is 18.4. The summed E-state index contributed by atoms with van der Waals surface area (Å²) in [6, 6.07) is 10.6. The van der Waals surface area contributed by atoms with Crippen LogP contribution in [0.3, 0.4) is 0 Å². The monoisotopic (exact) mass is 357 g/mol. The second-order valence-corrected chi connectivity index (χ2v) is 7.74. The lowest BCUT2D eigenvalue weighted by molar-refractivity contribution is 0.250. The Morgan fingerprint density at radius 3 is 2.15 bits per heavy atom. The van der Waals surface area contributed by atoms with Gasteiger partial charge in [-0.3, -0.25) is 0 Å². The molecule has 1 fully saturated rings. The molecule has 0 N–H and O–H groups in total. The third kappa shape index (κ3) is 5.12. The summed E-state index contributed by atoms with van der Waals surface area (Å²) in [6.07, 6.45) is 12.0. The van der Waals surface area contributed by atoms with Crippen LogP contribution in [0.5, 0.6) is 0 Å². The van der Waals surface area contributed by atoms with Gasteiger partial charge in [-0.05, 0) is 47.9 Å². The zero-order valence-electron chi connectivity index (χ0n) is 15.7. The summed E-state index contributed by atoms with van der Waals surface area (Å²) in [6.45, 7) is 2.28. The number of unbranched alkanes of at least 4 members (excludes halogenated alkanes) is 1. The van der Waals surface area contributed by atoms with Crippen molar-refractivity contribution in [2.75, 3.05) is 0 Å². The molecule has 0 spiro atoms. The second-order valence-electron chi connectivity index (χ2n) is 7.74. The Balaban J connectivity index is 1.49. The van der Waals surface area contributed by atoms with E-state index in [4.69, 9.17) is 0 Å². The Bertz CT molecular complexity index is 688. The summed E-state index contributed by atoms with van der Waals surface area (Å²) in [4.78, 5) is 3.26. The quantitative estimate of drug-likeness (QED) is 0.488. The van der Waals surface area contributed by atoms with Crippen LogP contribution in [0.25, 0.3) is 11.1 Å². The normalized spacial score (nSPS) is 20.3.